The Hall–Kier alpha value is -6.77. The van der Waals surface area contributed by atoms with Gasteiger partial charge in [-0.25, -0.2) is 4.98 Å². The lowest BCUT2D eigenvalue weighted by Gasteiger charge is -2.14. The predicted octanol–water partition coefficient (Wildman–Crippen LogP) is 13.2. The Morgan fingerprint density at radius 2 is 0.902 bits per heavy atom. The number of para-hydroxylation sites is 2. The summed E-state index contributed by atoms with van der Waals surface area (Å²) < 4.78 is 2.37. The van der Waals surface area contributed by atoms with Crippen molar-refractivity contribution in [2.75, 3.05) is 0 Å². The maximum Gasteiger partial charge on any atom is 0.0716 e. The first-order chi connectivity index (χ1) is 25.3. The molecule has 0 saturated carbocycles. The Bertz CT molecular complexity index is 2860. The van der Waals surface area contributed by atoms with Crippen molar-refractivity contribution >= 4 is 43.4 Å². The van der Waals surface area contributed by atoms with Gasteiger partial charge in [-0.15, -0.1) is 0 Å². The van der Waals surface area contributed by atoms with E-state index in [9.17, 15) is 0 Å². The average Bonchev–Trinajstić information content (AvgIpc) is 3.55. The van der Waals surface area contributed by atoms with Crippen LogP contribution in [0.15, 0.2) is 194 Å². The smallest absolute Gasteiger partial charge is 0.0716 e. The van der Waals surface area contributed by atoms with Gasteiger partial charge in [0.1, 0.15) is 0 Å². The average molecular weight is 649 g/mol. The van der Waals surface area contributed by atoms with Crippen LogP contribution >= 0.6 is 0 Å². The predicted molar refractivity (Wildman–Crippen MR) is 215 cm³/mol. The lowest BCUT2D eigenvalue weighted by molar-refractivity contribution is 1.18. The van der Waals surface area contributed by atoms with E-state index >= 15 is 0 Å². The molecule has 0 aliphatic heterocycles. The minimum absolute atomic E-state index is 0.942. The van der Waals surface area contributed by atoms with E-state index in [1.807, 2.05) is 0 Å². The van der Waals surface area contributed by atoms with E-state index in [1.165, 1.54) is 60.0 Å². The molecular formula is C49H32N2. The molecule has 0 radical (unpaired) electrons. The molecule has 2 nitrogen and oxygen atoms in total. The van der Waals surface area contributed by atoms with Crippen LogP contribution in [0.3, 0.4) is 0 Å². The first-order valence-corrected chi connectivity index (χ1v) is 17.5. The molecule has 0 bridgehead atoms. The van der Waals surface area contributed by atoms with Crippen LogP contribution in [-0.2, 0) is 0 Å². The summed E-state index contributed by atoms with van der Waals surface area (Å²) in [7, 11) is 0. The largest absolute Gasteiger partial charge is 0.309 e. The van der Waals surface area contributed by atoms with Crippen LogP contribution in [0.2, 0.25) is 0 Å². The van der Waals surface area contributed by atoms with Crippen LogP contribution in [-0.4, -0.2) is 9.55 Å². The van der Waals surface area contributed by atoms with E-state index in [4.69, 9.17) is 4.98 Å². The number of benzene rings is 8. The van der Waals surface area contributed by atoms with E-state index in [2.05, 4.69) is 199 Å². The van der Waals surface area contributed by atoms with Crippen LogP contribution in [0.25, 0.3) is 93.8 Å². The zero-order valence-electron chi connectivity index (χ0n) is 27.9. The monoisotopic (exact) mass is 648 g/mol. The van der Waals surface area contributed by atoms with Gasteiger partial charge in [0.2, 0.25) is 0 Å². The lowest BCUT2D eigenvalue weighted by atomic mass is 9.94. The lowest BCUT2D eigenvalue weighted by Crippen LogP contribution is -1.96. The summed E-state index contributed by atoms with van der Waals surface area (Å²) in [5.41, 5.74) is 12.3. The van der Waals surface area contributed by atoms with Gasteiger partial charge in [0.25, 0.3) is 0 Å². The second-order valence-corrected chi connectivity index (χ2v) is 13.2. The highest BCUT2D eigenvalue weighted by atomic mass is 15.0. The first kappa shape index (κ1) is 29.2. The van der Waals surface area contributed by atoms with E-state index < -0.39 is 0 Å². The maximum atomic E-state index is 5.39. The Morgan fingerprint density at radius 3 is 1.69 bits per heavy atom. The summed E-state index contributed by atoms with van der Waals surface area (Å²) in [5, 5.41) is 7.43. The molecule has 0 saturated heterocycles. The zero-order chi connectivity index (χ0) is 33.7. The quantitative estimate of drug-likeness (QED) is 0.182. The van der Waals surface area contributed by atoms with Crippen molar-refractivity contribution in [2.45, 2.75) is 0 Å². The minimum atomic E-state index is 0.942. The molecule has 0 aliphatic rings. The molecule has 0 unspecified atom stereocenters. The molecule has 238 valence electrons. The van der Waals surface area contributed by atoms with Crippen LogP contribution in [0, 0.1) is 0 Å². The maximum absolute atomic E-state index is 5.39. The summed E-state index contributed by atoms with van der Waals surface area (Å²) in [5.74, 6) is 0. The van der Waals surface area contributed by atoms with Gasteiger partial charge in [-0.05, 0) is 92.3 Å². The molecular weight excluding hydrogens is 617 g/mol. The highest BCUT2D eigenvalue weighted by Gasteiger charge is 2.15. The fourth-order valence-corrected chi connectivity index (χ4v) is 7.67. The second-order valence-electron chi connectivity index (χ2n) is 13.2. The number of rotatable bonds is 5. The third-order valence-corrected chi connectivity index (χ3v) is 10.2. The van der Waals surface area contributed by atoms with E-state index in [0.717, 1.165) is 33.8 Å². The molecule has 0 spiro atoms. The first-order valence-electron chi connectivity index (χ1n) is 17.5. The number of pyridine rings is 1. The van der Waals surface area contributed by atoms with Gasteiger partial charge in [-0.2, -0.15) is 0 Å². The Morgan fingerprint density at radius 1 is 0.314 bits per heavy atom. The molecule has 2 heteroatoms. The standard InChI is InChI=1S/C49H32N2/c1-2-12-33(13-3-1)40-31-46(38-17-10-18-41(29-38)51-48-22-8-6-19-43(48)44-20-7-9-23-49(44)51)50-47(32-40)39-27-25-35-16-11-21-42(45(35)30-39)37-26-24-34-14-4-5-15-36(34)28-37/h1-32H. The normalized spacial score (nSPS) is 11.5. The molecule has 0 atom stereocenters. The molecule has 8 aromatic carbocycles. The van der Waals surface area contributed by atoms with Crippen molar-refractivity contribution in [1.82, 2.24) is 9.55 Å². The molecule has 10 aromatic rings. The third-order valence-electron chi connectivity index (χ3n) is 10.2. The van der Waals surface area contributed by atoms with E-state index in [-0.39, 0.29) is 0 Å². The van der Waals surface area contributed by atoms with Crippen molar-refractivity contribution in [3.8, 4) is 50.5 Å². The van der Waals surface area contributed by atoms with E-state index in [0.29, 0.717) is 0 Å². The Labute approximate surface area is 296 Å². The van der Waals surface area contributed by atoms with Crippen molar-refractivity contribution < 1.29 is 0 Å². The van der Waals surface area contributed by atoms with Gasteiger partial charge in [0.15, 0.2) is 0 Å². The van der Waals surface area contributed by atoms with Crippen molar-refractivity contribution in [3.05, 3.63) is 194 Å². The van der Waals surface area contributed by atoms with E-state index in [1.54, 1.807) is 0 Å². The van der Waals surface area contributed by atoms with Gasteiger partial charge in [0.05, 0.1) is 22.4 Å². The van der Waals surface area contributed by atoms with Crippen LogP contribution < -0.4 is 0 Å². The number of fused-ring (bicyclic) bond motifs is 5. The summed E-state index contributed by atoms with van der Waals surface area (Å²) in [6.07, 6.45) is 0. The molecule has 2 heterocycles. The minimum Gasteiger partial charge on any atom is -0.309 e. The van der Waals surface area contributed by atoms with Crippen LogP contribution in [0.1, 0.15) is 0 Å². The fraction of sp³-hybridized carbons (Fsp3) is 0. The second kappa shape index (κ2) is 12.0. The zero-order valence-corrected chi connectivity index (χ0v) is 27.9. The van der Waals surface area contributed by atoms with Crippen LogP contribution in [0.5, 0.6) is 0 Å². The highest BCUT2D eigenvalue weighted by Crippen LogP contribution is 2.37. The Kier molecular flexibility index (Phi) is 6.85. The molecule has 51 heavy (non-hydrogen) atoms. The number of aromatic nitrogens is 2. The van der Waals surface area contributed by atoms with Crippen LogP contribution in [0.4, 0.5) is 0 Å². The van der Waals surface area contributed by atoms with Gasteiger partial charge in [0, 0.05) is 27.6 Å². The summed E-state index contributed by atoms with van der Waals surface area (Å²) in [6.45, 7) is 0. The van der Waals surface area contributed by atoms with Crippen molar-refractivity contribution in [3.63, 3.8) is 0 Å². The molecule has 10 rings (SSSR count). The van der Waals surface area contributed by atoms with Gasteiger partial charge in [-0.3, -0.25) is 0 Å². The third kappa shape index (κ3) is 5.08. The summed E-state index contributed by atoms with van der Waals surface area (Å²) in [4.78, 5) is 5.39. The highest BCUT2D eigenvalue weighted by molar-refractivity contribution is 6.09. The van der Waals surface area contributed by atoms with Crippen molar-refractivity contribution in [2.24, 2.45) is 0 Å². The van der Waals surface area contributed by atoms with Gasteiger partial charge < -0.3 is 4.57 Å². The molecule has 0 N–H and O–H groups in total. The SMILES string of the molecule is c1ccc(-c2cc(-c3cccc(-n4c5ccccc5c5ccccc54)c3)nc(-c3ccc4cccc(-c5ccc6ccccc6c5)c4c3)c2)cc1. The summed E-state index contributed by atoms with van der Waals surface area (Å²) >= 11 is 0. The molecule has 0 aliphatic carbocycles. The summed E-state index contributed by atoms with van der Waals surface area (Å²) in [6, 6.07) is 69.9. The molecule has 0 fully saturated rings. The number of hydrogen-bond donors (Lipinski definition) is 0. The molecule has 2 aromatic heterocycles. The Balaban J connectivity index is 1.14. The topological polar surface area (TPSA) is 17.8 Å². The van der Waals surface area contributed by atoms with Gasteiger partial charge >= 0.3 is 0 Å². The number of hydrogen-bond acceptors (Lipinski definition) is 1. The fourth-order valence-electron chi connectivity index (χ4n) is 7.67. The van der Waals surface area contributed by atoms with Gasteiger partial charge in [-0.1, -0.05) is 146 Å². The van der Waals surface area contributed by atoms with Crippen molar-refractivity contribution in [1.29, 1.82) is 0 Å². The number of nitrogens with zero attached hydrogens (tertiary/aromatic N) is 2. The molecule has 0 amide bonds.